The number of nitrogens with one attached hydrogen (secondary N) is 1. The summed E-state index contributed by atoms with van der Waals surface area (Å²) < 4.78 is 0. The normalized spacial score (nSPS) is 11.8. The van der Waals surface area contributed by atoms with Gasteiger partial charge in [0.15, 0.2) is 0 Å². The van der Waals surface area contributed by atoms with Crippen LogP contribution < -0.4 is 5.32 Å². The first-order valence-electron chi connectivity index (χ1n) is 5.29. The summed E-state index contributed by atoms with van der Waals surface area (Å²) in [5.74, 6) is -2.84. The van der Waals surface area contributed by atoms with Crippen molar-refractivity contribution < 1.29 is 24.9 Å². The predicted molar refractivity (Wildman–Crippen MR) is 64.9 cm³/mol. The molecule has 0 spiro atoms. The van der Waals surface area contributed by atoms with Crippen molar-refractivity contribution >= 4 is 29.1 Å². The van der Waals surface area contributed by atoms with Gasteiger partial charge in [-0.1, -0.05) is 12.2 Å². The number of carbonyl (C=O) groups is 2. The van der Waals surface area contributed by atoms with Gasteiger partial charge in [0, 0.05) is 26.0 Å². The van der Waals surface area contributed by atoms with Crippen LogP contribution in [0.1, 0.15) is 25.7 Å². The highest BCUT2D eigenvalue weighted by Gasteiger charge is 2.20. The van der Waals surface area contributed by atoms with E-state index in [9.17, 15) is 9.59 Å². The molecule has 17 heavy (non-hydrogen) atoms. The zero-order valence-corrected chi connectivity index (χ0v) is 10.2. The van der Waals surface area contributed by atoms with E-state index in [0.717, 1.165) is 0 Å². The highest BCUT2D eigenvalue weighted by molar-refractivity contribution is 7.80. The van der Waals surface area contributed by atoms with Gasteiger partial charge < -0.3 is 20.6 Å². The van der Waals surface area contributed by atoms with Gasteiger partial charge in [-0.2, -0.15) is 0 Å². The average molecular weight is 263 g/mol. The highest BCUT2D eigenvalue weighted by Crippen LogP contribution is 2.12. The van der Waals surface area contributed by atoms with Crippen molar-refractivity contribution in [3.63, 3.8) is 0 Å². The summed E-state index contributed by atoms with van der Waals surface area (Å²) in [5, 5.41) is 28.7. The molecule has 4 N–H and O–H groups in total. The van der Waals surface area contributed by atoms with Gasteiger partial charge in [0.2, 0.25) is 0 Å². The summed E-state index contributed by atoms with van der Waals surface area (Å²) in [6.07, 6.45) is 0.541. The van der Waals surface area contributed by atoms with Crippen molar-refractivity contribution in [3.05, 3.63) is 0 Å². The molecule has 0 rings (SSSR count). The lowest BCUT2D eigenvalue weighted by molar-refractivity contribution is -0.142. The van der Waals surface area contributed by atoms with Crippen molar-refractivity contribution in [2.24, 2.45) is 5.92 Å². The van der Waals surface area contributed by atoms with E-state index >= 15 is 0 Å². The van der Waals surface area contributed by atoms with Gasteiger partial charge in [-0.05, 0) is 12.8 Å². The first kappa shape index (κ1) is 15.8. The molecule has 0 aromatic rings. The first-order valence-corrected chi connectivity index (χ1v) is 5.70. The molecule has 0 saturated carbocycles. The molecule has 0 aliphatic rings. The monoisotopic (exact) mass is 263 g/mol. The third-order valence-corrected chi connectivity index (χ3v) is 2.46. The van der Waals surface area contributed by atoms with Crippen LogP contribution in [0.15, 0.2) is 0 Å². The van der Waals surface area contributed by atoms with E-state index in [2.05, 4.69) is 5.32 Å². The topological polar surface area (TPSA) is 107 Å². The molecule has 0 fully saturated rings. The van der Waals surface area contributed by atoms with Crippen molar-refractivity contribution in [1.82, 2.24) is 5.32 Å². The fourth-order valence-corrected chi connectivity index (χ4v) is 1.52. The van der Waals surface area contributed by atoms with Crippen LogP contribution in [0.3, 0.4) is 0 Å². The number of carboxylic acids is 2. The molecule has 7 heteroatoms. The summed E-state index contributed by atoms with van der Waals surface area (Å²) in [5.41, 5.74) is 0. The zero-order chi connectivity index (χ0) is 13.3. The van der Waals surface area contributed by atoms with Gasteiger partial charge >= 0.3 is 11.9 Å². The molecule has 0 aromatic heterocycles. The highest BCUT2D eigenvalue weighted by atomic mass is 32.1. The van der Waals surface area contributed by atoms with Crippen LogP contribution in [0, 0.1) is 5.92 Å². The summed E-state index contributed by atoms with van der Waals surface area (Å²) in [4.78, 5) is 21.6. The van der Waals surface area contributed by atoms with Crippen molar-refractivity contribution in [3.8, 4) is 0 Å². The minimum absolute atomic E-state index is 0.0387. The van der Waals surface area contributed by atoms with Crippen LogP contribution in [0.25, 0.3) is 0 Å². The van der Waals surface area contributed by atoms with Gasteiger partial charge in [-0.3, -0.25) is 9.59 Å². The second-order valence-corrected chi connectivity index (χ2v) is 4.09. The van der Waals surface area contributed by atoms with Crippen LogP contribution >= 0.6 is 12.2 Å². The summed E-state index contributed by atoms with van der Waals surface area (Å²) in [6, 6.07) is 0. The number of hydrogen-bond acceptors (Lipinski definition) is 4. The first-order chi connectivity index (χ1) is 7.97. The number of rotatable bonds is 9. The van der Waals surface area contributed by atoms with Gasteiger partial charge in [0.25, 0.3) is 0 Å². The number of aliphatic hydroxyl groups is 1. The maximum atomic E-state index is 10.9. The lowest BCUT2D eigenvalue weighted by Crippen LogP contribution is -2.28. The number of carboxylic acid groups (broad SMARTS) is 2. The van der Waals surface area contributed by atoms with Crippen LogP contribution in [-0.2, 0) is 9.59 Å². The zero-order valence-electron chi connectivity index (χ0n) is 9.39. The van der Waals surface area contributed by atoms with E-state index in [-0.39, 0.29) is 25.9 Å². The number of aliphatic carboxylic acids is 2. The molecular formula is C10H17NO5S. The fourth-order valence-electron chi connectivity index (χ4n) is 1.21. The number of thiocarbonyl (C=S) groups is 1. The Labute approximate surface area is 105 Å². The number of aliphatic hydroxyl groups excluding tert-OH is 1. The largest absolute Gasteiger partial charge is 0.481 e. The standard InChI is InChI=1S/C10H17NO5S/c12-5-1-4-11-8(17)6-7(10(15)16)2-3-9(13)14/h7,12H,1-6H2,(H,11,17)(H,13,14)(H,15,16). The molecular weight excluding hydrogens is 246 g/mol. The summed E-state index contributed by atoms with van der Waals surface area (Å²) in [7, 11) is 0. The predicted octanol–water partition coefficient (Wildman–Crippen LogP) is 0.242. The Balaban J connectivity index is 4.02. The minimum Gasteiger partial charge on any atom is -0.481 e. The fraction of sp³-hybridized carbons (Fsp3) is 0.700. The number of hydrogen-bond donors (Lipinski definition) is 4. The summed E-state index contributed by atoms with van der Waals surface area (Å²) >= 11 is 4.94. The lowest BCUT2D eigenvalue weighted by Gasteiger charge is -2.13. The molecule has 0 amide bonds. The Morgan fingerprint density at radius 2 is 1.94 bits per heavy atom. The molecule has 0 aromatic carbocycles. The molecule has 0 saturated heterocycles. The van der Waals surface area contributed by atoms with Gasteiger partial charge in [-0.15, -0.1) is 0 Å². The molecule has 0 bridgehead atoms. The van der Waals surface area contributed by atoms with Gasteiger partial charge in [0.1, 0.15) is 0 Å². The molecule has 1 atom stereocenters. The van der Waals surface area contributed by atoms with Crippen LogP contribution in [0.5, 0.6) is 0 Å². The average Bonchev–Trinajstić information content (AvgIpc) is 2.23. The second kappa shape index (κ2) is 8.89. The van der Waals surface area contributed by atoms with E-state index in [1.165, 1.54) is 0 Å². The molecule has 0 aliphatic carbocycles. The third kappa shape index (κ3) is 8.58. The lowest BCUT2D eigenvalue weighted by atomic mass is 9.99. The Kier molecular flexibility index (Phi) is 8.25. The van der Waals surface area contributed by atoms with Crippen LogP contribution in [0.4, 0.5) is 0 Å². The molecule has 6 nitrogen and oxygen atoms in total. The maximum absolute atomic E-state index is 10.9. The Bertz CT molecular complexity index is 282. The van der Waals surface area contributed by atoms with Crippen LogP contribution in [0.2, 0.25) is 0 Å². The van der Waals surface area contributed by atoms with E-state index in [0.29, 0.717) is 18.0 Å². The van der Waals surface area contributed by atoms with Crippen LogP contribution in [-0.4, -0.2) is 45.4 Å². The molecule has 1 unspecified atom stereocenters. The Hall–Kier alpha value is -1.21. The smallest absolute Gasteiger partial charge is 0.306 e. The molecule has 0 aliphatic heterocycles. The maximum Gasteiger partial charge on any atom is 0.306 e. The van der Waals surface area contributed by atoms with Crippen molar-refractivity contribution in [2.45, 2.75) is 25.7 Å². The van der Waals surface area contributed by atoms with Gasteiger partial charge in [0.05, 0.1) is 10.9 Å². The summed E-state index contributed by atoms with van der Waals surface area (Å²) in [6.45, 7) is 0.525. The quantitative estimate of drug-likeness (QED) is 0.349. The Morgan fingerprint density at radius 3 is 2.41 bits per heavy atom. The molecule has 98 valence electrons. The third-order valence-electron chi connectivity index (χ3n) is 2.14. The van der Waals surface area contributed by atoms with E-state index < -0.39 is 17.9 Å². The van der Waals surface area contributed by atoms with E-state index in [1.54, 1.807) is 0 Å². The van der Waals surface area contributed by atoms with E-state index in [4.69, 9.17) is 27.5 Å². The van der Waals surface area contributed by atoms with E-state index in [1.807, 2.05) is 0 Å². The molecule has 0 heterocycles. The van der Waals surface area contributed by atoms with Crippen molar-refractivity contribution in [1.29, 1.82) is 0 Å². The molecule has 0 radical (unpaired) electrons. The SMILES string of the molecule is O=C(O)CCC(CC(=S)NCCCO)C(=O)O. The Morgan fingerprint density at radius 1 is 1.29 bits per heavy atom. The van der Waals surface area contributed by atoms with Crippen molar-refractivity contribution in [2.75, 3.05) is 13.2 Å². The minimum atomic E-state index is -1.04. The second-order valence-electron chi connectivity index (χ2n) is 3.60. The van der Waals surface area contributed by atoms with Gasteiger partial charge in [-0.25, -0.2) is 0 Å².